The van der Waals surface area contributed by atoms with Gasteiger partial charge in [0.2, 0.25) is 6.41 Å². The molecule has 0 fully saturated rings. The Morgan fingerprint density at radius 1 is 1.15 bits per heavy atom. The Bertz CT molecular complexity index is 935. The largest absolute Gasteiger partial charge is 0.278 e. The number of carbonyl (C=O) groups excluding carboxylic acids is 1. The molecule has 0 saturated carbocycles. The van der Waals surface area contributed by atoms with Crippen molar-refractivity contribution in [2.45, 2.75) is 19.8 Å². The molecule has 0 unspecified atom stereocenters. The number of nitrogens with zero attached hydrogens (tertiary/aromatic N) is 2. The van der Waals surface area contributed by atoms with Gasteiger partial charge < -0.3 is 0 Å². The molecule has 1 heterocycles. The van der Waals surface area contributed by atoms with Gasteiger partial charge in [0, 0.05) is 16.5 Å². The van der Waals surface area contributed by atoms with Gasteiger partial charge >= 0.3 is 0 Å². The van der Waals surface area contributed by atoms with Crippen molar-refractivity contribution in [1.29, 1.82) is 0 Å². The molecule has 20 heavy (non-hydrogen) atoms. The summed E-state index contributed by atoms with van der Waals surface area (Å²) in [6.45, 7) is 12.3. The summed E-state index contributed by atoms with van der Waals surface area (Å²) in [5.74, 6) is 0.926. The predicted molar refractivity (Wildman–Crippen MR) is 83.8 cm³/mol. The summed E-state index contributed by atoms with van der Waals surface area (Å²) in [5.41, 5.74) is 1.60. The molecule has 0 N–H and O–H groups in total. The molecule has 1 aromatic heterocycles. The monoisotopic (exact) mass is 264 g/mol. The predicted octanol–water partition coefficient (Wildman–Crippen LogP) is 2.17. The zero-order valence-electron chi connectivity index (χ0n) is 11.7. The summed E-state index contributed by atoms with van der Waals surface area (Å²) < 4.78 is 1.60. The van der Waals surface area contributed by atoms with Gasteiger partial charge in [0.25, 0.3) is 0 Å². The van der Waals surface area contributed by atoms with Crippen molar-refractivity contribution in [2.24, 2.45) is 0 Å². The van der Waals surface area contributed by atoms with E-state index in [1.807, 2.05) is 38.1 Å². The Morgan fingerprint density at radius 3 is 2.40 bits per heavy atom. The maximum atomic E-state index is 11.5. The maximum absolute atomic E-state index is 11.5. The molecule has 0 spiro atoms. The van der Waals surface area contributed by atoms with Crippen molar-refractivity contribution in [3.05, 3.63) is 40.5 Å². The second-order valence-electron chi connectivity index (χ2n) is 5.30. The van der Waals surface area contributed by atoms with Gasteiger partial charge in [0.1, 0.15) is 5.82 Å². The van der Waals surface area contributed by atoms with Gasteiger partial charge in [-0.05, 0) is 10.6 Å². The Hall–Kier alpha value is -2.42. The average molecular weight is 264 g/mol. The summed E-state index contributed by atoms with van der Waals surface area (Å²) in [6.07, 6.45) is 0.813. The average Bonchev–Trinajstić information content (AvgIpc) is 2.84. The number of carbonyl (C=O) groups is 1. The number of fused-ring (bicyclic) bond motifs is 3. The highest BCUT2D eigenvalue weighted by atomic mass is 16.1. The van der Waals surface area contributed by atoms with Crippen molar-refractivity contribution in [3.63, 3.8) is 0 Å². The summed E-state index contributed by atoms with van der Waals surface area (Å²) in [4.78, 5) is 16.2. The quantitative estimate of drug-likeness (QED) is 0.665. The van der Waals surface area contributed by atoms with E-state index in [1.54, 1.807) is 4.57 Å². The van der Waals surface area contributed by atoms with Crippen LogP contribution in [-0.2, 0) is 4.79 Å². The third-order valence-corrected chi connectivity index (χ3v) is 3.72. The molecular weight excluding hydrogens is 248 g/mol. The molecule has 0 saturated heterocycles. The van der Waals surface area contributed by atoms with E-state index in [4.69, 9.17) is 0 Å². The Kier molecular flexibility index (Phi) is 2.71. The first kappa shape index (κ1) is 12.6. The highest BCUT2D eigenvalue weighted by molar-refractivity contribution is 6.06. The number of benzene rings is 2. The molecule has 3 nitrogen and oxygen atoms in total. The van der Waals surface area contributed by atoms with Crippen LogP contribution in [0.3, 0.4) is 0 Å². The lowest BCUT2D eigenvalue weighted by atomic mass is 10.1. The highest BCUT2D eigenvalue weighted by Gasteiger charge is 2.16. The number of hydrogen-bond acceptors (Lipinski definition) is 2. The van der Waals surface area contributed by atoms with Crippen LogP contribution >= 0.6 is 0 Å². The van der Waals surface area contributed by atoms with E-state index in [0.29, 0.717) is 0 Å². The maximum Gasteiger partial charge on any atom is 0.219 e. The van der Waals surface area contributed by atoms with Crippen molar-refractivity contribution in [3.8, 4) is 0 Å². The van der Waals surface area contributed by atoms with Crippen LogP contribution < -0.4 is 10.4 Å². The Labute approximate surface area is 116 Å². The van der Waals surface area contributed by atoms with E-state index in [-0.39, 0.29) is 5.92 Å². The molecule has 0 aliphatic heterocycles. The minimum atomic E-state index is 0.166. The molecular formula is C17H16N2O. The van der Waals surface area contributed by atoms with E-state index in [0.717, 1.165) is 44.5 Å². The summed E-state index contributed by atoms with van der Waals surface area (Å²) in [6, 6.07) is 7.97. The molecule has 0 bridgehead atoms. The summed E-state index contributed by atoms with van der Waals surface area (Å²) in [5, 5.41) is 3.68. The number of imidazole rings is 1. The first-order valence-electron chi connectivity index (χ1n) is 6.62. The lowest BCUT2D eigenvalue weighted by molar-refractivity contribution is 0.544. The van der Waals surface area contributed by atoms with Crippen LogP contribution in [0.25, 0.3) is 35.0 Å². The van der Waals surface area contributed by atoms with Crippen LogP contribution in [0.2, 0.25) is 0 Å². The van der Waals surface area contributed by atoms with Crippen LogP contribution in [0.4, 0.5) is 0 Å². The van der Waals surface area contributed by atoms with E-state index >= 15 is 0 Å². The zero-order chi connectivity index (χ0) is 14.4. The van der Waals surface area contributed by atoms with Crippen molar-refractivity contribution >= 4 is 41.4 Å². The molecule has 0 aliphatic rings. The number of rotatable bonds is 2. The van der Waals surface area contributed by atoms with Crippen LogP contribution in [0.15, 0.2) is 24.3 Å². The van der Waals surface area contributed by atoms with E-state index in [2.05, 4.69) is 18.1 Å². The smallest absolute Gasteiger partial charge is 0.219 e. The molecule has 3 heteroatoms. The number of aromatic nitrogens is 2. The van der Waals surface area contributed by atoms with Gasteiger partial charge in [-0.2, -0.15) is 0 Å². The first-order valence-corrected chi connectivity index (χ1v) is 6.62. The topological polar surface area (TPSA) is 34.9 Å². The normalized spacial score (nSPS) is 11.6. The first-order chi connectivity index (χ1) is 9.56. The fourth-order valence-electron chi connectivity index (χ4n) is 2.70. The summed E-state index contributed by atoms with van der Waals surface area (Å²) in [7, 11) is 0. The van der Waals surface area contributed by atoms with Crippen molar-refractivity contribution in [2.75, 3.05) is 0 Å². The second-order valence-corrected chi connectivity index (χ2v) is 5.30. The SMILES string of the molecule is C=c1c(=C)c2c(nc(C(C)C)n2C=O)c2ccccc12. The van der Waals surface area contributed by atoms with Gasteiger partial charge in [-0.1, -0.05) is 51.3 Å². The third-order valence-electron chi connectivity index (χ3n) is 3.72. The van der Waals surface area contributed by atoms with Crippen LogP contribution in [0, 0.1) is 0 Å². The molecule has 0 radical (unpaired) electrons. The molecule has 2 aromatic carbocycles. The second kappa shape index (κ2) is 4.30. The molecule has 100 valence electrons. The van der Waals surface area contributed by atoms with E-state index < -0.39 is 0 Å². The van der Waals surface area contributed by atoms with E-state index in [1.165, 1.54) is 0 Å². The minimum Gasteiger partial charge on any atom is -0.278 e. The molecule has 0 amide bonds. The molecule has 3 aromatic rings. The Morgan fingerprint density at radius 2 is 1.80 bits per heavy atom. The minimum absolute atomic E-state index is 0.166. The fourth-order valence-corrected chi connectivity index (χ4v) is 2.70. The molecule has 0 aliphatic carbocycles. The van der Waals surface area contributed by atoms with Crippen molar-refractivity contribution in [1.82, 2.24) is 9.55 Å². The molecule has 3 rings (SSSR count). The van der Waals surface area contributed by atoms with Crippen LogP contribution in [0.1, 0.15) is 25.6 Å². The van der Waals surface area contributed by atoms with E-state index in [9.17, 15) is 4.79 Å². The standard InChI is InChI=1S/C17H16N2O/c1-10(2)17-18-15-14-8-6-5-7-13(14)11(3)12(4)16(15)19(17)9-20/h5-10H,3-4H2,1-2H3. The zero-order valence-corrected chi connectivity index (χ0v) is 11.7. The van der Waals surface area contributed by atoms with Gasteiger partial charge in [0.05, 0.1) is 11.0 Å². The fraction of sp³-hybridized carbons (Fsp3) is 0.176. The Balaban J connectivity index is 2.69. The van der Waals surface area contributed by atoms with Crippen LogP contribution in [0.5, 0.6) is 0 Å². The van der Waals surface area contributed by atoms with Gasteiger partial charge in [-0.15, -0.1) is 0 Å². The summed E-state index contributed by atoms with van der Waals surface area (Å²) >= 11 is 0. The lowest BCUT2D eigenvalue weighted by Gasteiger charge is -2.04. The van der Waals surface area contributed by atoms with Gasteiger partial charge in [-0.25, -0.2) is 4.98 Å². The van der Waals surface area contributed by atoms with Gasteiger partial charge in [-0.3, -0.25) is 9.36 Å². The van der Waals surface area contributed by atoms with Crippen molar-refractivity contribution < 1.29 is 4.79 Å². The van der Waals surface area contributed by atoms with Gasteiger partial charge in [0.15, 0.2) is 0 Å². The third kappa shape index (κ3) is 1.53. The molecule has 0 atom stereocenters. The number of hydrogen-bond donors (Lipinski definition) is 0. The highest BCUT2D eigenvalue weighted by Crippen LogP contribution is 2.23. The van der Waals surface area contributed by atoms with Crippen LogP contribution in [-0.4, -0.2) is 16.0 Å². The lowest BCUT2D eigenvalue weighted by Crippen LogP contribution is -2.25.